The van der Waals surface area contributed by atoms with E-state index in [1.807, 2.05) is 18.3 Å². The Bertz CT molecular complexity index is 709. The maximum atomic E-state index is 4.68. The minimum atomic E-state index is 0.393. The molecule has 106 valence electrons. The highest BCUT2D eigenvalue weighted by atomic mass is 32.1. The second-order valence-corrected chi connectivity index (χ2v) is 5.86. The zero-order valence-corrected chi connectivity index (χ0v) is 12.6. The van der Waals surface area contributed by atoms with Crippen molar-refractivity contribution in [2.75, 3.05) is 5.32 Å². The number of anilines is 2. The summed E-state index contributed by atoms with van der Waals surface area (Å²) >= 11 is 1.63. The van der Waals surface area contributed by atoms with E-state index in [-0.39, 0.29) is 0 Å². The zero-order chi connectivity index (χ0) is 14.7. The highest BCUT2D eigenvalue weighted by molar-refractivity contribution is 7.16. The molecule has 0 bridgehead atoms. The van der Waals surface area contributed by atoms with Crippen molar-refractivity contribution in [1.29, 1.82) is 0 Å². The van der Waals surface area contributed by atoms with Crippen LogP contribution in [0.4, 0.5) is 11.1 Å². The molecule has 3 rings (SSSR count). The molecule has 0 radical (unpaired) electrons. The van der Waals surface area contributed by atoms with Gasteiger partial charge in [-0.3, -0.25) is 4.98 Å². The third-order valence-corrected chi connectivity index (χ3v) is 4.17. The van der Waals surface area contributed by atoms with Crippen LogP contribution < -0.4 is 5.32 Å². The van der Waals surface area contributed by atoms with Crippen molar-refractivity contribution in [3.8, 4) is 11.3 Å². The van der Waals surface area contributed by atoms with Crippen LogP contribution in [0.5, 0.6) is 0 Å². The van der Waals surface area contributed by atoms with Crippen molar-refractivity contribution in [3.63, 3.8) is 0 Å². The van der Waals surface area contributed by atoms with E-state index in [2.05, 4.69) is 39.1 Å². The predicted molar refractivity (Wildman–Crippen MR) is 84.7 cm³/mol. The normalized spacial score (nSPS) is 10.8. The molecule has 0 aliphatic carbocycles. The van der Waals surface area contributed by atoms with Gasteiger partial charge in [-0.2, -0.15) is 0 Å². The molecule has 1 N–H and O–H groups in total. The Hall–Kier alpha value is -2.34. The summed E-state index contributed by atoms with van der Waals surface area (Å²) in [6, 6.07) is 5.73. The van der Waals surface area contributed by atoms with E-state index >= 15 is 0 Å². The molecule has 21 heavy (non-hydrogen) atoms. The van der Waals surface area contributed by atoms with E-state index in [9.17, 15) is 0 Å². The minimum absolute atomic E-state index is 0.393. The molecule has 5 nitrogen and oxygen atoms in total. The van der Waals surface area contributed by atoms with Gasteiger partial charge in [-0.1, -0.05) is 13.8 Å². The van der Waals surface area contributed by atoms with Gasteiger partial charge in [0.15, 0.2) is 5.13 Å². The lowest BCUT2D eigenvalue weighted by molar-refractivity contribution is 0.888. The summed E-state index contributed by atoms with van der Waals surface area (Å²) in [6.45, 7) is 4.33. The van der Waals surface area contributed by atoms with Gasteiger partial charge in [0.25, 0.3) is 0 Å². The molecule has 0 aromatic carbocycles. The van der Waals surface area contributed by atoms with Gasteiger partial charge in [0, 0.05) is 35.2 Å². The van der Waals surface area contributed by atoms with Gasteiger partial charge in [-0.05, 0) is 24.1 Å². The van der Waals surface area contributed by atoms with Crippen molar-refractivity contribution >= 4 is 22.4 Å². The van der Waals surface area contributed by atoms with Gasteiger partial charge in [0.2, 0.25) is 5.95 Å². The van der Waals surface area contributed by atoms with E-state index < -0.39 is 0 Å². The first-order valence-electron chi connectivity index (χ1n) is 6.69. The van der Waals surface area contributed by atoms with Crippen molar-refractivity contribution in [2.24, 2.45) is 0 Å². The summed E-state index contributed by atoms with van der Waals surface area (Å²) in [6.07, 6.45) is 7.01. The molecule has 6 heteroatoms. The Labute approximate surface area is 127 Å². The molecule has 0 atom stereocenters. The summed E-state index contributed by atoms with van der Waals surface area (Å²) in [7, 11) is 0. The molecule has 0 saturated heterocycles. The summed E-state index contributed by atoms with van der Waals surface area (Å²) in [5.74, 6) is 0.948. The largest absolute Gasteiger partial charge is 0.300 e. The molecule has 0 unspecified atom stereocenters. The van der Waals surface area contributed by atoms with E-state index in [4.69, 9.17) is 0 Å². The fourth-order valence-electron chi connectivity index (χ4n) is 1.95. The first-order valence-corrected chi connectivity index (χ1v) is 7.51. The van der Waals surface area contributed by atoms with Crippen LogP contribution in [0.25, 0.3) is 11.3 Å². The van der Waals surface area contributed by atoms with Gasteiger partial charge >= 0.3 is 0 Å². The average Bonchev–Trinajstić information content (AvgIpc) is 2.93. The quantitative estimate of drug-likeness (QED) is 0.792. The number of rotatable bonds is 4. The average molecular weight is 297 g/mol. The fourth-order valence-corrected chi connectivity index (χ4v) is 2.93. The molecule has 3 aromatic rings. The molecule has 0 spiro atoms. The third-order valence-electron chi connectivity index (χ3n) is 2.90. The highest BCUT2D eigenvalue weighted by Crippen LogP contribution is 2.36. The third kappa shape index (κ3) is 3.05. The van der Waals surface area contributed by atoms with Crippen LogP contribution in [0.15, 0.2) is 43.0 Å². The van der Waals surface area contributed by atoms with Gasteiger partial charge in [0.05, 0.1) is 5.69 Å². The molecule has 0 amide bonds. The lowest BCUT2D eigenvalue weighted by Crippen LogP contribution is -1.94. The Morgan fingerprint density at radius 2 is 1.90 bits per heavy atom. The van der Waals surface area contributed by atoms with E-state index in [1.54, 1.807) is 36.0 Å². The smallest absolute Gasteiger partial charge is 0.228 e. The van der Waals surface area contributed by atoms with Crippen LogP contribution in [-0.2, 0) is 0 Å². The highest BCUT2D eigenvalue weighted by Gasteiger charge is 2.16. The molecule has 3 heterocycles. The second-order valence-electron chi connectivity index (χ2n) is 4.83. The maximum absolute atomic E-state index is 4.68. The Morgan fingerprint density at radius 3 is 2.57 bits per heavy atom. The Morgan fingerprint density at radius 1 is 1.10 bits per heavy atom. The Balaban J connectivity index is 1.97. The lowest BCUT2D eigenvalue weighted by Gasteiger charge is -2.04. The number of hydrogen-bond acceptors (Lipinski definition) is 6. The van der Waals surface area contributed by atoms with Crippen molar-refractivity contribution in [1.82, 2.24) is 19.9 Å². The number of pyridine rings is 1. The fraction of sp³-hybridized carbons (Fsp3) is 0.200. The lowest BCUT2D eigenvalue weighted by atomic mass is 10.1. The number of nitrogens with one attached hydrogen (secondary N) is 1. The molecule has 3 aromatic heterocycles. The van der Waals surface area contributed by atoms with Crippen LogP contribution in [0, 0.1) is 0 Å². The van der Waals surface area contributed by atoms with Gasteiger partial charge < -0.3 is 5.32 Å². The standard InChI is InChI=1S/C15H15N5S/c1-10(2)13-12(11-5-3-6-16-9-11)19-15(21-13)20-14-17-7-4-8-18-14/h3-10H,1-2H3,(H,17,18,19,20). The van der Waals surface area contributed by atoms with Crippen LogP contribution >= 0.6 is 11.3 Å². The van der Waals surface area contributed by atoms with Crippen LogP contribution in [-0.4, -0.2) is 19.9 Å². The Kier molecular flexibility index (Phi) is 3.87. The summed E-state index contributed by atoms with van der Waals surface area (Å²) in [4.78, 5) is 18.4. The summed E-state index contributed by atoms with van der Waals surface area (Å²) in [5.41, 5.74) is 2.00. The first-order chi connectivity index (χ1) is 10.2. The molecule has 0 aliphatic rings. The van der Waals surface area contributed by atoms with Crippen molar-refractivity contribution in [2.45, 2.75) is 19.8 Å². The van der Waals surface area contributed by atoms with Gasteiger partial charge in [0.1, 0.15) is 0 Å². The maximum Gasteiger partial charge on any atom is 0.228 e. The molecule has 0 saturated carbocycles. The topological polar surface area (TPSA) is 63.6 Å². The first kappa shape index (κ1) is 13.6. The van der Waals surface area contributed by atoms with Crippen LogP contribution in [0.1, 0.15) is 24.6 Å². The SMILES string of the molecule is CC(C)c1sc(Nc2ncccn2)nc1-c1cccnc1. The number of hydrogen-bond donors (Lipinski definition) is 1. The van der Waals surface area contributed by atoms with Crippen LogP contribution in [0.2, 0.25) is 0 Å². The molecule has 0 fully saturated rings. The monoisotopic (exact) mass is 297 g/mol. The number of nitrogens with zero attached hydrogens (tertiary/aromatic N) is 4. The van der Waals surface area contributed by atoms with E-state index in [1.165, 1.54) is 4.88 Å². The summed E-state index contributed by atoms with van der Waals surface area (Å²) in [5, 5.41) is 3.95. The van der Waals surface area contributed by atoms with E-state index in [0.717, 1.165) is 16.4 Å². The van der Waals surface area contributed by atoms with Crippen LogP contribution in [0.3, 0.4) is 0 Å². The number of thiazole rings is 1. The second kappa shape index (κ2) is 5.97. The van der Waals surface area contributed by atoms with Gasteiger partial charge in [-0.25, -0.2) is 15.0 Å². The number of aromatic nitrogens is 4. The predicted octanol–water partition coefficient (Wildman–Crippen LogP) is 3.86. The van der Waals surface area contributed by atoms with Crippen molar-refractivity contribution < 1.29 is 0 Å². The summed E-state index contributed by atoms with van der Waals surface area (Å²) < 4.78 is 0. The molecular weight excluding hydrogens is 282 g/mol. The molecular formula is C15H15N5S. The van der Waals surface area contributed by atoms with E-state index in [0.29, 0.717) is 11.9 Å². The molecule has 0 aliphatic heterocycles. The van der Waals surface area contributed by atoms with Gasteiger partial charge in [-0.15, -0.1) is 11.3 Å². The zero-order valence-electron chi connectivity index (χ0n) is 11.8. The van der Waals surface area contributed by atoms with Crippen molar-refractivity contribution in [3.05, 3.63) is 47.9 Å². The minimum Gasteiger partial charge on any atom is -0.300 e.